The third-order valence-electron chi connectivity index (χ3n) is 3.34. The van der Waals surface area contributed by atoms with Gasteiger partial charge in [-0.15, -0.1) is 0 Å². The molecule has 0 saturated carbocycles. The molecule has 1 aromatic rings. The van der Waals surface area contributed by atoms with E-state index < -0.39 is 16.3 Å². The molecule has 6 nitrogen and oxygen atoms in total. The fraction of sp³-hybridized carbons (Fsp3) is 0.385. The van der Waals surface area contributed by atoms with Crippen LogP contribution in [0.15, 0.2) is 18.2 Å². The fourth-order valence-electron chi connectivity index (χ4n) is 2.42. The van der Waals surface area contributed by atoms with Gasteiger partial charge in [-0.2, -0.15) is 0 Å². The quantitative estimate of drug-likeness (QED) is 0.398. The van der Waals surface area contributed by atoms with Gasteiger partial charge in [0.15, 0.2) is 0 Å². The predicted octanol–water partition coefficient (Wildman–Crippen LogP) is 2.56. The van der Waals surface area contributed by atoms with Gasteiger partial charge in [0.1, 0.15) is 0 Å². The number of carbonyl (C=O) groups is 1. The van der Waals surface area contributed by atoms with Gasteiger partial charge < -0.3 is 10.1 Å². The van der Waals surface area contributed by atoms with E-state index in [1.165, 1.54) is 6.07 Å². The highest BCUT2D eigenvalue weighted by Gasteiger charge is 2.46. The molecule has 20 heavy (non-hydrogen) atoms. The number of hydrogen-bond donors (Lipinski definition) is 1. The summed E-state index contributed by atoms with van der Waals surface area (Å²) in [6.45, 7) is 3.69. The first kappa shape index (κ1) is 14.4. The second kappa shape index (κ2) is 5.16. The second-order valence-electron chi connectivity index (χ2n) is 4.72. The molecule has 0 aliphatic carbocycles. The lowest BCUT2D eigenvalue weighted by Crippen LogP contribution is -2.33. The van der Waals surface area contributed by atoms with Crippen LogP contribution in [0.4, 0.5) is 11.4 Å². The highest BCUT2D eigenvalue weighted by Crippen LogP contribution is 2.45. The van der Waals surface area contributed by atoms with Crippen LogP contribution in [-0.2, 0) is 14.9 Å². The number of rotatable bonds is 4. The Hall–Kier alpha value is -2.02. The van der Waals surface area contributed by atoms with E-state index in [9.17, 15) is 14.9 Å². The summed E-state index contributed by atoms with van der Waals surface area (Å²) in [5.74, 6) is -0.426. The predicted molar refractivity (Wildman–Crippen MR) is 77.9 cm³/mol. The Kier molecular flexibility index (Phi) is 3.71. The van der Waals surface area contributed by atoms with E-state index in [-0.39, 0.29) is 18.7 Å². The maximum absolute atomic E-state index is 11.8. The highest BCUT2D eigenvalue weighted by atomic mass is 32.1. The van der Waals surface area contributed by atoms with Gasteiger partial charge in [0, 0.05) is 11.8 Å². The van der Waals surface area contributed by atoms with E-state index in [0.717, 1.165) is 0 Å². The largest absolute Gasteiger partial charge is 0.466 e. The molecule has 1 aliphatic heterocycles. The van der Waals surface area contributed by atoms with Crippen molar-refractivity contribution in [2.24, 2.45) is 0 Å². The van der Waals surface area contributed by atoms with Crippen LogP contribution in [0.3, 0.4) is 0 Å². The molecule has 0 aromatic heterocycles. The Bertz CT molecular complexity index is 602. The zero-order valence-corrected chi connectivity index (χ0v) is 12.0. The fourth-order valence-corrected chi connectivity index (χ4v) is 2.70. The Morgan fingerprint density at radius 3 is 2.85 bits per heavy atom. The van der Waals surface area contributed by atoms with Crippen molar-refractivity contribution in [2.45, 2.75) is 25.7 Å². The molecule has 0 radical (unpaired) electrons. The van der Waals surface area contributed by atoms with Gasteiger partial charge in [0.25, 0.3) is 5.69 Å². The molecule has 106 valence electrons. The molecule has 0 saturated heterocycles. The van der Waals surface area contributed by atoms with Crippen LogP contribution >= 0.6 is 12.2 Å². The summed E-state index contributed by atoms with van der Waals surface area (Å²) >= 11 is 5.27. The van der Waals surface area contributed by atoms with E-state index in [2.05, 4.69) is 5.32 Å². The molecule has 0 spiro atoms. The molecule has 2 rings (SSSR count). The maximum atomic E-state index is 11.8. The van der Waals surface area contributed by atoms with Crippen LogP contribution < -0.4 is 5.32 Å². The number of ether oxygens (including phenoxy) is 1. The van der Waals surface area contributed by atoms with Crippen LogP contribution in [0.25, 0.3) is 0 Å². The Morgan fingerprint density at radius 2 is 2.25 bits per heavy atom. The lowest BCUT2D eigenvalue weighted by Gasteiger charge is -2.22. The Labute approximate surface area is 121 Å². The number of thiocarbonyl (C=S) groups is 1. The van der Waals surface area contributed by atoms with Crippen molar-refractivity contribution in [3.8, 4) is 0 Å². The summed E-state index contributed by atoms with van der Waals surface area (Å²) in [6, 6.07) is 4.71. The number of benzene rings is 1. The van der Waals surface area contributed by atoms with E-state index in [1.54, 1.807) is 26.0 Å². The average Bonchev–Trinajstić information content (AvgIpc) is 2.61. The summed E-state index contributed by atoms with van der Waals surface area (Å²) in [5.41, 5.74) is 0.0707. The van der Waals surface area contributed by atoms with Crippen LogP contribution in [0.5, 0.6) is 0 Å². The van der Waals surface area contributed by atoms with Crippen LogP contribution in [0.2, 0.25) is 0 Å². The normalized spacial score (nSPS) is 20.2. The number of esters is 1. The highest BCUT2D eigenvalue weighted by molar-refractivity contribution is 7.80. The number of nitro groups is 1. The average molecular weight is 294 g/mol. The SMILES string of the molecule is CCOC(=O)CC1(C)C(=S)Nc2cccc([N+](=O)[O-])c21. The van der Waals surface area contributed by atoms with Crippen molar-refractivity contribution in [1.29, 1.82) is 0 Å². The molecule has 0 amide bonds. The van der Waals surface area contributed by atoms with E-state index in [1.807, 2.05) is 0 Å². The van der Waals surface area contributed by atoms with E-state index in [4.69, 9.17) is 17.0 Å². The van der Waals surface area contributed by atoms with Crippen molar-refractivity contribution in [1.82, 2.24) is 0 Å². The summed E-state index contributed by atoms with van der Waals surface area (Å²) in [6.07, 6.45) is -0.0233. The molecular formula is C13H14N2O4S. The number of carbonyl (C=O) groups excluding carboxylic acids is 1. The topological polar surface area (TPSA) is 81.5 Å². The number of nitro benzene ring substituents is 1. The van der Waals surface area contributed by atoms with Crippen molar-refractivity contribution in [3.63, 3.8) is 0 Å². The minimum absolute atomic E-state index is 0.0233. The summed E-state index contributed by atoms with van der Waals surface area (Å²) < 4.78 is 4.94. The first-order chi connectivity index (χ1) is 9.40. The van der Waals surface area contributed by atoms with Gasteiger partial charge in [-0.1, -0.05) is 18.3 Å². The molecule has 1 aliphatic rings. The molecule has 0 bridgehead atoms. The molecule has 0 fully saturated rings. The zero-order valence-electron chi connectivity index (χ0n) is 11.1. The minimum atomic E-state index is -0.916. The van der Waals surface area contributed by atoms with Crippen molar-refractivity contribution in [3.05, 3.63) is 33.9 Å². The van der Waals surface area contributed by atoms with Gasteiger partial charge in [-0.05, 0) is 19.9 Å². The summed E-state index contributed by atoms with van der Waals surface area (Å²) in [7, 11) is 0. The van der Waals surface area contributed by atoms with Crippen molar-refractivity contribution < 1.29 is 14.5 Å². The number of anilines is 1. The summed E-state index contributed by atoms with van der Waals surface area (Å²) in [4.78, 5) is 22.9. The number of hydrogen-bond acceptors (Lipinski definition) is 5. The first-order valence-corrected chi connectivity index (χ1v) is 6.56. The first-order valence-electron chi connectivity index (χ1n) is 6.15. The molecule has 7 heteroatoms. The van der Waals surface area contributed by atoms with Crippen LogP contribution in [0, 0.1) is 10.1 Å². The van der Waals surface area contributed by atoms with Gasteiger partial charge in [0.05, 0.1) is 33.9 Å². The molecule has 1 heterocycles. The minimum Gasteiger partial charge on any atom is -0.466 e. The molecule has 1 unspecified atom stereocenters. The third-order valence-corrected chi connectivity index (χ3v) is 3.90. The zero-order chi connectivity index (χ0) is 14.9. The molecule has 1 atom stereocenters. The van der Waals surface area contributed by atoms with Crippen molar-refractivity contribution >= 4 is 34.6 Å². The Morgan fingerprint density at radius 1 is 1.55 bits per heavy atom. The smallest absolute Gasteiger partial charge is 0.307 e. The van der Waals surface area contributed by atoms with Gasteiger partial charge >= 0.3 is 5.97 Å². The Balaban J connectivity index is 2.50. The van der Waals surface area contributed by atoms with E-state index >= 15 is 0 Å². The van der Waals surface area contributed by atoms with Gasteiger partial charge in [-0.3, -0.25) is 14.9 Å². The number of nitrogens with zero attached hydrogens (tertiary/aromatic N) is 1. The van der Waals surface area contributed by atoms with Gasteiger partial charge in [0.2, 0.25) is 0 Å². The third kappa shape index (κ3) is 2.24. The lowest BCUT2D eigenvalue weighted by molar-refractivity contribution is -0.385. The number of nitrogens with one attached hydrogen (secondary N) is 1. The second-order valence-corrected chi connectivity index (χ2v) is 5.13. The number of fused-ring (bicyclic) bond motifs is 1. The van der Waals surface area contributed by atoms with Crippen molar-refractivity contribution in [2.75, 3.05) is 11.9 Å². The van der Waals surface area contributed by atoms with Crippen LogP contribution in [-0.4, -0.2) is 22.5 Å². The molecule has 1 aromatic carbocycles. The maximum Gasteiger partial charge on any atom is 0.307 e. The monoisotopic (exact) mass is 294 g/mol. The molecular weight excluding hydrogens is 280 g/mol. The van der Waals surface area contributed by atoms with Crippen LogP contribution in [0.1, 0.15) is 25.8 Å². The standard InChI is InChI=1S/C13H14N2O4S/c1-3-19-10(16)7-13(2)11-8(14-12(13)20)5-4-6-9(11)15(17)18/h4-6H,3,7H2,1-2H3,(H,14,20). The lowest BCUT2D eigenvalue weighted by atomic mass is 9.80. The van der Waals surface area contributed by atoms with E-state index in [0.29, 0.717) is 16.2 Å². The van der Waals surface area contributed by atoms with Gasteiger partial charge in [-0.25, -0.2) is 0 Å². The molecule has 1 N–H and O–H groups in total. The summed E-state index contributed by atoms with van der Waals surface area (Å²) in [5, 5.41) is 14.1.